The predicted molar refractivity (Wildman–Crippen MR) is 119 cm³/mol. The van der Waals surface area contributed by atoms with Crippen molar-refractivity contribution in [3.05, 3.63) is 0 Å². The summed E-state index contributed by atoms with van der Waals surface area (Å²) in [6.45, 7) is 0.399. The Labute approximate surface area is 190 Å². The summed E-state index contributed by atoms with van der Waals surface area (Å²) in [6.07, 6.45) is 3.08. The van der Waals surface area contributed by atoms with Crippen LogP contribution in [0.1, 0.15) is 32.1 Å². The molecule has 11 nitrogen and oxygen atoms in total. The molecule has 0 aromatic carbocycles. The fourth-order valence-electron chi connectivity index (χ4n) is 3.16. The molecule has 1 aliphatic rings. The maximum Gasteiger partial charge on any atom is 0.326 e. The summed E-state index contributed by atoms with van der Waals surface area (Å²) in [4.78, 5) is 61.5. The highest BCUT2D eigenvalue weighted by molar-refractivity contribution is 7.98. The molecule has 0 aromatic heterocycles. The summed E-state index contributed by atoms with van der Waals surface area (Å²) < 4.78 is 0. The number of nitrogens with one attached hydrogen (secondary N) is 2. The maximum atomic E-state index is 12.8. The Hall–Kier alpha value is -1.99. The van der Waals surface area contributed by atoms with Crippen molar-refractivity contribution in [2.75, 3.05) is 24.3 Å². The third-order valence-electron chi connectivity index (χ3n) is 4.90. The average molecular weight is 478 g/mol. The predicted octanol–water partition coefficient (Wildman–Crippen LogP) is -1.69. The van der Waals surface area contributed by atoms with Crippen molar-refractivity contribution < 1.29 is 29.1 Å². The lowest BCUT2D eigenvalue weighted by atomic mass is 10.1. The van der Waals surface area contributed by atoms with Crippen molar-refractivity contribution in [2.45, 2.75) is 56.3 Å². The van der Waals surface area contributed by atoms with Crippen LogP contribution in [0, 0.1) is 0 Å². The number of primary amides is 1. The minimum Gasteiger partial charge on any atom is -0.480 e. The molecule has 4 amide bonds. The van der Waals surface area contributed by atoms with Crippen molar-refractivity contribution in [3.8, 4) is 0 Å². The van der Waals surface area contributed by atoms with E-state index in [1.165, 1.54) is 4.90 Å². The largest absolute Gasteiger partial charge is 0.480 e. The first-order valence-corrected chi connectivity index (χ1v) is 11.9. The first-order valence-electron chi connectivity index (χ1n) is 9.90. The number of carbonyl (C=O) groups excluding carboxylic acids is 4. The molecule has 1 heterocycles. The number of carboxylic acid groups (broad SMARTS) is 1. The Morgan fingerprint density at radius 2 is 1.87 bits per heavy atom. The molecule has 4 unspecified atom stereocenters. The van der Waals surface area contributed by atoms with Crippen molar-refractivity contribution >= 4 is 54.0 Å². The molecular weight excluding hydrogens is 446 g/mol. The molecule has 13 heteroatoms. The van der Waals surface area contributed by atoms with Crippen LogP contribution in [0.3, 0.4) is 0 Å². The molecule has 1 fully saturated rings. The van der Waals surface area contributed by atoms with Crippen LogP contribution in [-0.2, 0) is 24.0 Å². The number of carbonyl (C=O) groups is 5. The second kappa shape index (κ2) is 13.4. The van der Waals surface area contributed by atoms with Crippen LogP contribution in [0.15, 0.2) is 0 Å². The molecule has 0 spiro atoms. The minimum absolute atomic E-state index is 0.0896. The summed E-state index contributed by atoms with van der Waals surface area (Å²) in [6, 6.07) is -3.91. The Kier molecular flexibility index (Phi) is 11.7. The number of rotatable bonds is 13. The third-order valence-corrected chi connectivity index (χ3v) is 5.91. The Bertz CT molecular complexity index is 680. The van der Waals surface area contributed by atoms with Crippen molar-refractivity contribution in [1.29, 1.82) is 0 Å². The second-order valence-corrected chi connectivity index (χ2v) is 8.58. The highest BCUT2D eigenvalue weighted by Gasteiger charge is 2.37. The van der Waals surface area contributed by atoms with Crippen LogP contribution in [0.5, 0.6) is 0 Å². The number of carboxylic acids is 1. The van der Waals surface area contributed by atoms with Gasteiger partial charge in [-0.25, -0.2) is 4.79 Å². The van der Waals surface area contributed by atoms with Crippen LogP contribution in [0.25, 0.3) is 0 Å². The number of likely N-dealkylation sites (tertiary alicyclic amines) is 1. The number of hydrogen-bond acceptors (Lipinski definition) is 8. The minimum atomic E-state index is -1.33. The number of aliphatic carboxylic acids is 1. The van der Waals surface area contributed by atoms with E-state index >= 15 is 0 Å². The number of thioether (sulfide) groups is 1. The van der Waals surface area contributed by atoms with Crippen molar-refractivity contribution in [1.82, 2.24) is 15.5 Å². The summed E-state index contributed by atoms with van der Waals surface area (Å²) in [5, 5.41) is 14.0. The van der Waals surface area contributed by atoms with Crippen LogP contribution in [0.4, 0.5) is 0 Å². The van der Waals surface area contributed by atoms with Gasteiger partial charge in [-0.05, 0) is 37.7 Å². The van der Waals surface area contributed by atoms with Gasteiger partial charge in [0.1, 0.15) is 18.1 Å². The van der Waals surface area contributed by atoms with E-state index in [4.69, 9.17) is 11.5 Å². The normalized spacial score (nSPS) is 18.7. The van der Waals surface area contributed by atoms with Crippen LogP contribution in [-0.4, -0.2) is 88.1 Å². The van der Waals surface area contributed by atoms with E-state index in [9.17, 15) is 29.1 Å². The Morgan fingerprint density at radius 3 is 2.42 bits per heavy atom. The molecule has 31 heavy (non-hydrogen) atoms. The lowest BCUT2D eigenvalue weighted by Crippen LogP contribution is -2.57. The molecule has 1 saturated heterocycles. The van der Waals surface area contributed by atoms with Gasteiger partial charge in [0.15, 0.2) is 0 Å². The second-order valence-electron chi connectivity index (χ2n) is 7.23. The summed E-state index contributed by atoms with van der Waals surface area (Å²) in [5.41, 5.74) is 11.0. The van der Waals surface area contributed by atoms with Gasteiger partial charge in [0.05, 0.1) is 6.04 Å². The fourth-order valence-corrected chi connectivity index (χ4v) is 3.91. The molecule has 0 bridgehead atoms. The third kappa shape index (κ3) is 8.57. The number of thiol groups is 1. The first kappa shape index (κ1) is 27.0. The smallest absolute Gasteiger partial charge is 0.326 e. The van der Waals surface area contributed by atoms with E-state index in [0.29, 0.717) is 25.8 Å². The molecule has 4 atom stereocenters. The van der Waals surface area contributed by atoms with Gasteiger partial charge >= 0.3 is 5.97 Å². The van der Waals surface area contributed by atoms with Gasteiger partial charge in [0.25, 0.3) is 0 Å². The quantitative estimate of drug-likeness (QED) is 0.170. The molecule has 0 aliphatic carbocycles. The van der Waals surface area contributed by atoms with Gasteiger partial charge in [-0.15, -0.1) is 0 Å². The van der Waals surface area contributed by atoms with Crippen LogP contribution in [0.2, 0.25) is 0 Å². The average Bonchev–Trinajstić information content (AvgIpc) is 3.21. The van der Waals surface area contributed by atoms with Crippen molar-refractivity contribution in [3.63, 3.8) is 0 Å². The zero-order valence-corrected chi connectivity index (χ0v) is 19.1. The Balaban J connectivity index is 2.75. The molecule has 0 saturated carbocycles. The first-order chi connectivity index (χ1) is 14.6. The van der Waals surface area contributed by atoms with Gasteiger partial charge in [-0.3, -0.25) is 19.2 Å². The standard InChI is InChI=1S/C18H31N5O6S2/c1-31-8-6-10(19)17(27)23-7-2-3-13(23)16(26)22-12(9-30)15(25)21-11(18(28)29)4-5-14(20)24/h10-13,30H,2-9,19H2,1H3,(H2,20,24)(H,21,25)(H,22,26)(H,28,29). The molecule has 1 aliphatic heterocycles. The van der Waals surface area contributed by atoms with E-state index in [1.807, 2.05) is 6.26 Å². The van der Waals surface area contributed by atoms with Gasteiger partial charge in [0, 0.05) is 18.7 Å². The van der Waals surface area contributed by atoms with Gasteiger partial charge in [0.2, 0.25) is 23.6 Å². The molecule has 0 radical (unpaired) electrons. The fraction of sp³-hybridized carbons (Fsp3) is 0.722. The SMILES string of the molecule is CSCCC(N)C(=O)N1CCCC1C(=O)NC(CS)C(=O)NC(CCC(N)=O)C(=O)O. The zero-order valence-electron chi connectivity index (χ0n) is 17.4. The highest BCUT2D eigenvalue weighted by Crippen LogP contribution is 2.19. The molecule has 176 valence electrons. The van der Waals surface area contributed by atoms with E-state index < -0.39 is 47.9 Å². The van der Waals surface area contributed by atoms with E-state index in [2.05, 4.69) is 23.3 Å². The van der Waals surface area contributed by atoms with Crippen LogP contribution < -0.4 is 22.1 Å². The van der Waals surface area contributed by atoms with E-state index in [-0.39, 0.29) is 24.5 Å². The van der Waals surface area contributed by atoms with Crippen LogP contribution >= 0.6 is 24.4 Å². The Morgan fingerprint density at radius 1 is 1.19 bits per heavy atom. The lowest BCUT2D eigenvalue weighted by molar-refractivity contribution is -0.143. The molecule has 1 rings (SSSR count). The van der Waals surface area contributed by atoms with E-state index in [0.717, 1.165) is 5.75 Å². The number of nitrogens with zero attached hydrogens (tertiary/aromatic N) is 1. The monoisotopic (exact) mass is 477 g/mol. The maximum absolute atomic E-state index is 12.8. The topological polar surface area (TPSA) is 185 Å². The number of amides is 4. The summed E-state index contributed by atoms with van der Waals surface area (Å²) in [7, 11) is 0. The van der Waals surface area contributed by atoms with Gasteiger partial charge in [-0.2, -0.15) is 24.4 Å². The highest BCUT2D eigenvalue weighted by atomic mass is 32.2. The summed E-state index contributed by atoms with van der Waals surface area (Å²) >= 11 is 5.64. The molecular formula is C18H31N5O6S2. The van der Waals surface area contributed by atoms with Crippen molar-refractivity contribution in [2.24, 2.45) is 11.5 Å². The zero-order chi connectivity index (χ0) is 23.6. The molecule has 0 aromatic rings. The number of hydrogen-bond donors (Lipinski definition) is 6. The lowest BCUT2D eigenvalue weighted by Gasteiger charge is -2.28. The van der Waals surface area contributed by atoms with E-state index in [1.54, 1.807) is 11.8 Å². The molecule has 7 N–H and O–H groups in total. The summed E-state index contributed by atoms with van der Waals surface area (Å²) in [5.74, 6) is -2.98. The van der Waals surface area contributed by atoms with Gasteiger partial charge in [-0.1, -0.05) is 0 Å². The number of nitrogens with two attached hydrogens (primary N) is 2. The van der Waals surface area contributed by atoms with Gasteiger partial charge < -0.3 is 32.1 Å².